The van der Waals surface area contributed by atoms with E-state index in [4.69, 9.17) is 4.74 Å². The van der Waals surface area contributed by atoms with Crippen LogP contribution >= 0.6 is 0 Å². The number of aryl methyl sites for hydroxylation is 1. The predicted octanol–water partition coefficient (Wildman–Crippen LogP) is 1.06. The maximum Gasteiger partial charge on any atom is 0.329 e. The minimum absolute atomic E-state index is 0.266. The first-order valence-electron chi connectivity index (χ1n) is 7.78. The number of allylic oxidation sites excluding steroid dienone is 1. The second-order valence-electron chi connectivity index (χ2n) is 5.47. The smallest absolute Gasteiger partial charge is 0.329 e. The van der Waals surface area contributed by atoms with Crippen molar-refractivity contribution in [2.24, 2.45) is 12.1 Å². The molecule has 3 rings (SSSR count). The van der Waals surface area contributed by atoms with Crippen molar-refractivity contribution in [2.75, 3.05) is 12.5 Å². The highest BCUT2D eigenvalue weighted by molar-refractivity contribution is 5.80. The Labute approximate surface area is 148 Å². The van der Waals surface area contributed by atoms with Crippen LogP contribution in [-0.2, 0) is 13.6 Å². The number of benzene rings is 1. The van der Waals surface area contributed by atoms with E-state index in [2.05, 4.69) is 27.1 Å². The molecule has 0 fully saturated rings. The topological polar surface area (TPSA) is 106 Å². The summed E-state index contributed by atoms with van der Waals surface area (Å²) in [4.78, 5) is 30.5. The molecule has 1 aromatic carbocycles. The third-order valence-electron chi connectivity index (χ3n) is 3.81. The molecule has 0 aliphatic rings. The molecule has 9 nitrogen and oxygen atoms in total. The van der Waals surface area contributed by atoms with Gasteiger partial charge in [-0.15, -0.1) is 6.58 Å². The van der Waals surface area contributed by atoms with Crippen LogP contribution in [0.4, 0.5) is 5.95 Å². The van der Waals surface area contributed by atoms with Crippen LogP contribution in [0.1, 0.15) is 5.56 Å². The Morgan fingerprint density at radius 1 is 1.35 bits per heavy atom. The molecule has 134 valence electrons. The van der Waals surface area contributed by atoms with Crippen LogP contribution in [0.15, 0.2) is 51.6 Å². The summed E-state index contributed by atoms with van der Waals surface area (Å²) in [5.41, 5.74) is 3.17. The summed E-state index contributed by atoms with van der Waals surface area (Å²) in [5, 5.41) is 4.15. The first-order valence-corrected chi connectivity index (χ1v) is 7.78. The van der Waals surface area contributed by atoms with Crippen LogP contribution in [0.25, 0.3) is 11.2 Å². The van der Waals surface area contributed by atoms with Crippen molar-refractivity contribution >= 4 is 23.3 Å². The van der Waals surface area contributed by atoms with Crippen molar-refractivity contribution < 1.29 is 4.74 Å². The maximum atomic E-state index is 12.2. The molecule has 2 aromatic heterocycles. The van der Waals surface area contributed by atoms with E-state index in [9.17, 15) is 9.59 Å². The molecular formula is C17H18N6O3. The van der Waals surface area contributed by atoms with E-state index in [-0.39, 0.29) is 11.2 Å². The molecule has 26 heavy (non-hydrogen) atoms. The number of imidazole rings is 1. The number of rotatable bonds is 6. The van der Waals surface area contributed by atoms with Gasteiger partial charge in [-0.3, -0.25) is 18.9 Å². The maximum absolute atomic E-state index is 12.2. The lowest BCUT2D eigenvalue weighted by Crippen LogP contribution is -2.29. The van der Waals surface area contributed by atoms with Gasteiger partial charge in [-0.1, -0.05) is 6.08 Å². The summed E-state index contributed by atoms with van der Waals surface area (Å²) >= 11 is 0. The average molecular weight is 354 g/mol. The molecule has 9 heteroatoms. The van der Waals surface area contributed by atoms with E-state index in [1.807, 2.05) is 24.3 Å². The Bertz CT molecular complexity index is 1090. The molecule has 0 aliphatic carbocycles. The van der Waals surface area contributed by atoms with Gasteiger partial charge in [-0.2, -0.15) is 10.1 Å². The Morgan fingerprint density at radius 3 is 2.73 bits per heavy atom. The number of nitrogens with one attached hydrogen (secondary N) is 2. The van der Waals surface area contributed by atoms with Gasteiger partial charge >= 0.3 is 5.69 Å². The van der Waals surface area contributed by atoms with Gasteiger partial charge in [0.1, 0.15) is 5.75 Å². The molecule has 0 aliphatic heterocycles. The van der Waals surface area contributed by atoms with Crippen molar-refractivity contribution in [1.82, 2.24) is 19.1 Å². The van der Waals surface area contributed by atoms with Gasteiger partial charge < -0.3 is 4.74 Å². The van der Waals surface area contributed by atoms with E-state index in [0.29, 0.717) is 12.5 Å². The lowest BCUT2D eigenvalue weighted by molar-refractivity contribution is 0.415. The van der Waals surface area contributed by atoms with Gasteiger partial charge in [-0.25, -0.2) is 10.2 Å². The van der Waals surface area contributed by atoms with Crippen molar-refractivity contribution in [3.05, 3.63) is 63.3 Å². The van der Waals surface area contributed by atoms with E-state index in [1.165, 1.54) is 11.6 Å². The Hall–Kier alpha value is -3.62. The second-order valence-corrected chi connectivity index (χ2v) is 5.47. The highest BCUT2D eigenvalue weighted by Crippen LogP contribution is 2.15. The number of ether oxygens (including phenoxy) is 1. The van der Waals surface area contributed by atoms with Gasteiger partial charge in [0.15, 0.2) is 11.2 Å². The SMILES string of the molecule is C=CCn1c(N/N=C/c2ccc(OC)cc2)nc2c1c(=O)[nH]c(=O)n2C. The Morgan fingerprint density at radius 2 is 2.08 bits per heavy atom. The third-order valence-corrected chi connectivity index (χ3v) is 3.81. The number of hydrazone groups is 1. The molecule has 0 unspecified atom stereocenters. The number of hydrogen-bond donors (Lipinski definition) is 2. The van der Waals surface area contributed by atoms with Crippen LogP contribution in [0.5, 0.6) is 5.75 Å². The normalized spacial score (nSPS) is 11.2. The average Bonchev–Trinajstić information content (AvgIpc) is 3.00. The monoisotopic (exact) mass is 354 g/mol. The van der Waals surface area contributed by atoms with E-state index < -0.39 is 11.2 Å². The van der Waals surface area contributed by atoms with E-state index >= 15 is 0 Å². The standard InChI is InChI=1S/C17H18N6O3/c1-4-9-23-13-14(22(2)17(25)20-15(13)24)19-16(23)21-18-10-11-5-7-12(26-3)8-6-11/h4-8,10H,1,9H2,2-3H3,(H,19,21)(H,20,24,25)/b18-10+. The van der Waals surface area contributed by atoms with Crippen LogP contribution in [-0.4, -0.2) is 32.4 Å². The number of anilines is 1. The quantitative estimate of drug-likeness (QED) is 0.391. The third kappa shape index (κ3) is 3.14. The van der Waals surface area contributed by atoms with Gasteiger partial charge in [0.05, 0.1) is 13.3 Å². The largest absolute Gasteiger partial charge is 0.497 e. The zero-order chi connectivity index (χ0) is 18.7. The fraction of sp³-hybridized carbons (Fsp3) is 0.176. The van der Waals surface area contributed by atoms with Gasteiger partial charge in [-0.05, 0) is 29.8 Å². The number of aromatic nitrogens is 4. The van der Waals surface area contributed by atoms with Crippen LogP contribution in [0, 0.1) is 0 Å². The number of fused-ring (bicyclic) bond motifs is 1. The van der Waals surface area contributed by atoms with Crippen molar-refractivity contribution in [3.63, 3.8) is 0 Å². The summed E-state index contributed by atoms with van der Waals surface area (Å²) < 4.78 is 7.98. The van der Waals surface area contributed by atoms with E-state index in [0.717, 1.165) is 11.3 Å². The van der Waals surface area contributed by atoms with Crippen LogP contribution in [0.2, 0.25) is 0 Å². The van der Waals surface area contributed by atoms with Gasteiger partial charge in [0.2, 0.25) is 5.95 Å². The molecule has 0 amide bonds. The fourth-order valence-electron chi connectivity index (χ4n) is 2.48. The highest BCUT2D eigenvalue weighted by Gasteiger charge is 2.16. The minimum atomic E-state index is -0.529. The molecule has 0 bridgehead atoms. The second kappa shape index (κ2) is 7.09. The molecule has 0 spiro atoms. The van der Waals surface area contributed by atoms with E-state index in [1.54, 1.807) is 24.0 Å². The van der Waals surface area contributed by atoms with Gasteiger partial charge in [0.25, 0.3) is 5.56 Å². The van der Waals surface area contributed by atoms with Crippen molar-refractivity contribution in [3.8, 4) is 5.75 Å². The van der Waals surface area contributed by atoms with Crippen molar-refractivity contribution in [2.45, 2.75) is 6.54 Å². The zero-order valence-corrected chi connectivity index (χ0v) is 14.4. The zero-order valence-electron chi connectivity index (χ0n) is 14.4. The summed E-state index contributed by atoms with van der Waals surface area (Å²) in [7, 11) is 3.14. The van der Waals surface area contributed by atoms with Crippen molar-refractivity contribution in [1.29, 1.82) is 0 Å². The first kappa shape index (κ1) is 17.2. The molecule has 2 heterocycles. The fourth-order valence-corrected chi connectivity index (χ4v) is 2.48. The molecule has 0 saturated carbocycles. The summed E-state index contributed by atoms with van der Waals surface area (Å²) in [6.45, 7) is 4.02. The summed E-state index contributed by atoms with van der Waals surface area (Å²) in [5.74, 6) is 1.08. The summed E-state index contributed by atoms with van der Waals surface area (Å²) in [6, 6.07) is 7.35. The lowest BCUT2D eigenvalue weighted by Gasteiger charge is -2.04. The number of aromatic amines is 1. The Kier molecular flexibility index (Phi) is 4.70. The lowest BCUT2D eigenvalue weighted by atomic mass is 10.2. The molecule has 0 saturated heterocycles. The summed E-state index contributed by atoms with van der Waals surface area (Å²) in [6.07, 6.45) is 3.24. The number of nitrogens with zero attached hydrogens (tertiary/aromatic N) is 4. The first-order chi connectivity index (χ1) is 12.5. The molecule has 0 radical (unpaired) electrons. The predicted molar refractivity (Wildman–Crippen MR) is 100 cm³/mol. The molecule has 0 atom stereocenters. The molecule has 2 N–H and O–H groups in total. The number of hydrogen-bond acceptors (Lipinski definition) is 6. The molecular weight excluding hydrogens is 336 g/mol. The Balaban J connectivity index is 1.97. The van der Waals surface area contributed by atoms with Gasteiger partial charge in [0, 0.05) is 13.6 Å². The van der Waals surface area contributed by atoms with Crippen LogP contribution < -0.4 is 21.4 Å². The number of H-pyrrole nitrogens is 1. The van der Waals surface area contributed by atoms with Crippen LogP contribution in [0.3, 0.4) is 0 Å². The highest BCUT2D eigenvalue weighted by atomic mass is 16.5. The minimum Gasteiger partial charge on any atom is -0.497 e. The number of methoxy groups -OCH3 is 1. The molecule has 3 aromatic rings.